The average molecular weight is 491 g/mol. The molecular formula is C25H33F3N6O. The molecule has 5 fully saturated rings. The molecule has 4 aliphatic carbocycles. The topological polar surface area (TPSA) is 79.5 Å². The molecule has 3 atom stereocenters. The number of nitrogens with one attached hydrogen (secondary N) is 1. The Balaban J connectivity index is 1.21. The second-order valence-electron chi connectivity index (χ2n) is 10.8. The Morgan fingerprint density at radius 1 is 1.20 bits per heavy atom. The Labute approximate surface area is 204 Å². The fraction of sp³-hybridized carbons (Fsp3) is 0.720. The molecule has 7 nitrogen and oxygen atoms in total. The maximum Gasteiger partial charge on any atom is 0.417 e. The van der Waals surface area contributed by atoms with E-state index >= 15 is 0 Å². The van der Waals surface area contributed by atoms with E-state index in [4.69, 9.17) is 10.1 Å². The van der Waals surface area contributed by atoms with Crippen LogP contribution in [-0.4, -0.2) is 71.6 Å². The van der Waals surface area contributed by atoms with E-state index in [2.05, 4.69) is 16.1 Å². The first-order valence-corrected chi connectivity index (χ1v) is 12.5. The summed E-state index contributed by atoms with van der Waals surface area (Å²) in [5, 5.41) is 19.1. The van der Waals surface area contributed by atoms with Gasteiger partial charge in [-0.25, -0.2) is 4.98 Å². The SMILES string of the molecule is COC12CC3CC(C1)C(N(C#N)C(=N)C(C)N1CCN(c4ccc(C(F)(F)F)cn4)CC1)C(C3)C2. The van der Waals surface area contributed by atoms with Gasteiger partial charge in [0.25, 0.3) is 0 Å². The van der Waals surface area contributed by atoms with Crippen molar-refractivity contribution >= 4 is 11.7 Å². The Bertz CT molecular complexity index is 968. The molecule has 1 saturated heterocycles. The maximum atomic E-state index is 12.8. The first-order valence-electron chi connectivity index (χ1n) is 12.5. The zero-order valence-corrected chi connectivity index (χ0v) is 20.3. The lowest BCUT2D eigenvalue weighted by molar-refractivity contribution is -0.164. The number of hydrogen-bond acceptors (Lipinski definition) is 6. The Kier molecular flexibility index (Phi) is 6.20. The van der Waals surface area contributed by atoms with Crippen LogP contribution in [0.5, 0.6) is 0 Å². The third kappa shape index (κ3) is 4.38. The van der Waals surface area contributed by atoms with E-state index in [0.717, 1.165) is 44.4 Å². The minimum atomic E-state index is -4.39. The summed E-state index contributed by atoms with van der Waals surface area (Å²) < 4.78 is 44.4. The number of piperazine rings is 1. The number of alkyl halides is 3. The predicted molar refractivity (Wildman–Crippen MR) is 125 cm³/mol. The number of rotatable bonds is 5. The number of nitrogens with zero attached hydrogens (tertiary/aromatic N) is 5. The van der Waals surface area contributed by atoms with Gasteiger partial charge in [0.05, 0.1) is 23.2 Å². The van der Waals surface area contributed by atoms with Crippen LogP contribution in [-0.2, 0) is 10.9 Å². The molecule has 10 heteroatoms. The number of anilines is 1. The molecule has 0 amide bonds. The quantitative estimate of drug-likeness (QED) is 0.291. The number of amidine groups is 1. The number of halogens is 3. The number of pyridine rings is 1. The monoisotopic (exact) mass is 490 g/mol. The van der Waals surface area contributed by atoms with Crippen LogP contribution in [0.1, 0.15) is 44.6 Å². The molecule has 1 aliphatic heterocycles. The molecule has 1 aromatic heterocycles. The third-order valence-electron chi connectivity index (χ3n) is 8.92. The van der Waals surface area contributed by atoms with Gasteiger partial charge >= 0.3 is 6.18 Å². The van der Waals surface area contributed by atoms with Gasteiger partial charge in [-0.15, -0.1) is 0 Å². The van der Waals surface area contributed by atoms with Crippen LogP contribution in [0.4, 0.5) is 19.0 Å². The zero-order chi connectivity index (χ0) is 25.0. The van der Waals surface area contributed by atoms with Crippen molar-refractivity contribution < 1.29 is 17.9 Å². The number of methoxy groups -OCH3 is 1. The van der Waals surface area contributed by atoms with Crippen LogP contribution in [0.2, 0.25) is 0 Å². The van der Waals surface area contributed by atoms with Gasteiger partial charge in [-0.1, -0.05) is 0 Å². The summed E-state index contributed by atoms with van der Waals surface area (Å²) in [7, 11) is 1.81. The van der Waals surface area contributed by atoms with E-state index in [1.807, 2.05) is 18.9 Å². The third-order valence-corrected chi connectivity index (χ3v) is 8.92. The van der Waals surface area contributed by atoms with Gasteiger partial charge in [0.15, 0.2) is 6.19 Å². The van der Waals surface area contributed by atoms with Crippen LogP contribution in [0.15, 0.2) is 18.3 Å². The molecule has 4 saturated carbocycles. The van der Waals surface area contributed by atoms with Crippen molar-refractivity contribution in [2.75, 3.05) is 38.2 Å². The summed E-state index contributed by atoms with van der Waals surface area (Å²) >= 11 is 0. The van der Waals surface area contributed by atoms with Crippen molar-refractivity contribution in [3.8, 4) is 6.19 Å². The molecule has 6 rings (SSSR count). The van der Waals surface area contributed by atoms with Crippen molar-refractivity contribution in [1.82, 2.24) is 14.8 Å². The standard InChI is InChI=1S/C25H33F3N6O/c1-16(32-5-7-33(8-6-32)21-4-3-20(14-31-21)25(26,27)28)23(30)34(15-29)22-18-9-17-10-19(22)13-24(11-17,12-18)35-2/h3-4,14,16-19,22,30H,5-13H2,1-2H3. The highest BCUT2D eigenvalue weighted by atomic mass is 19.4. The van der Waals surface area contributed by atoms with E-state index in [0.29, 0.717) is 55.6 Å². The smallest absolute Gasteiger partial charge is 0.378 e. The van der Waals surface area contributed by atoms with Crippen molar-refractivity contribution in [2.24, 2.45) is 17.8 Å². The first-order chi connectivity index (χ1) is 16.6. The fourth-order valence-corrected chi connectivity index (χ4v) is 7.33. The number of ether oxygens (including phenoxy) is 1. The number of nitriles is 1. The largest absolute Gasteiger partial charge is 0.417 e. The Hall–Kier alpha value is -2.38. The second kappa shape index (κ2) is 8.93. The van der Waals surface area contributed by atoms with Crippen LogP contribution >= 0.6 is 0 Å². The molecule has 2 heterocycles. The summed E-state index contributed by atoms with van der Waals surface area (Å²) in [4.78, 5) is 9.85. The summed E-state index contributed by atoms with van der Waals surface area (Å²) in [6.45, 7) is 4.49. The van der Waals surface area contributed by atoms with Crippen LogP contribution < -0.4 is 4.90 Å². The highest BCUT2D eigenvalue weighted by Crippen LogP contribution is 2.58. The molecular weight excluding hydrogens is 457 g/mol. The van der Waals surface area contributed by atoms with Gasteiger partial charge in [-0.05, 0) is 68.9 Å². The van der Waals surface area contributed by atoms with E-state index in [1.165, 1.54) is 6.07 Å². The van der Waals surface area contributed by atoms with Crippen molar-refractivity contribution in [3.05, 3.63) is 23.9 Å². The summed E-state index contributed by atoms with van der Waals surface area (Å²) in [6.07, 6.45) is 4.15. The molecule has 1 N–H and O–H groups in total. The summed E-state index contributed by atoms with van der Waals surface area (Å²) in [5.41, 5.74) is -0.787. The predicted octanol–water partition coefficient (Wildman–Crippen LogP) is 3.96. The van der Waals surface area contributed by atoms with E-state index in [1.54, 1.807) is 4.90 Å². The van der Waals surface area contributed by atoms with Gasteiger partial charge in [-0.2, -0.15) is 18.4 Å². The molecule has 1 aromatic rings. The van der Waals surface area contributed by atoms with E-state index in [-0.39, 0.29) is 17.7 Å². The van der Waals surface area contributed by atoms with Gasteiger partial charge in [0.1, 0.15) is 11.7 Å². The molecule has 190 valence electrons. The molecule has 4 bridgehead atoms. The van der Waals surface area contributed by atoms with Gasteiger partial charge in [0, 0.05) is 39.5 Å². The lowest BCUT2D eigenvalue weighted by Crippen LogP contribution is -2.64. The molecule has 5 aliphatic rings. The number of hydrogen-bond donors (Lipinski definition) is 1. The lowest BCUT2D eigenvalue weighted by atomic mass is 9.52. The van der Waals surface area contributed by atoms with Crippen molar-refractivity contribution in [1.29, 1.82) is 10.7 Å². The molecule has 0 radical (unpaired) electrons. The fourth-order valence-electron chi connectivity index (χ4n) is 7.33. The first kappa shape index (κ1) is 24.3. The second-order valence-corrected chi connectivity index (χ2v) is 10.8. The number of aromatic nitrogens is 1. The molecule has 0 spiro atoms. The zero-order valence-electron chi connectivity index (χ0n) is 20.3. The minimum absolute atomic E-state index is 0.0371. The lowest BCUT2D eigenvalue weighted by Gasteiger charge is -2.60. The molecule has 35 heavy (non-hydrogen) atoms. The molecule has 3 unspecified atom stereocenters. The maximum absolute atomic E-state index is 12.8. The highest BCUT2D eigenvalue weighted by molar-refractivity contribution is 5.86. The minimum Gasteiger partial charge on any atom is -0.378 e. The van der Waals surface area contributed by atoms with Crippen LogP contribution in [0.3, 0.4) is 0 Å². The van der Waals surface area contributed by atoms with Crippen LogP contribution in [0, 0.1) is 34.6 Å². The van der Waals surface area contributed by atoms with Gasteiger partial charge < -0.3 is 9.64 Å². The molecule has 0 aromatic carbocycles. The Morgan fingerprint density at radius 2 is 1.86 bits per heavy atom. The van der Waals surface area contributed by atoms with Gasteiger partial charge in [-0.3, -0.25) is 15.2 Å². The average Bonchev–Trinajstić information content (AvgIpc) is 2.84. The van der Waals surface area contributed by atoms with Crippen molar-refractivity contribution in [3.63, 3.8) is 0 Å². The van der Waals surface area contributed by atoms with E-state index in [9.17, 15) is 18.4 Å². The highest BCUT2D eigenvalue weighted by Gasteiger charge is 2.57. The van der Waals surface area contributed by atoms with E-state index < -0.39 is 11.7 Å². The summed E-state index contributed by atoms with van der Waals surface area (Å²) in [6, 6.07) is 2.34. The Morgan fingerprint density at radius 3 is 2.37 bits per heavy atom. The summed E-state index contributed by atoms with van der Waals surface area (Å²) in [5.74, 6) is 2.31. The van der Waals surface area contributed by atoms with Crippen molar-refractivity contribution in [2.45, 2.75) is 62.9 Å². The van der Waals surface area contributed by atoms with Crippen LogP contribution in [0.25, 0.3) is 0 Å². The van der Waals surface area contributed by atoms with Gasteiger partial charge in [0.2, 0.25) is 0 Å². The normalized spacial score (nSPS) is 33.4.